The first-order valence-corrected chi connectivity index (χ1v) is 9.72. The lowest BCUT2D eigenvalue weighted by Gasteiger charge is -2.13. The lowest BCUT2D eigenvalue weighted by Crippen LogP contribution is -2.23. The van der Waals surface area contributed by atoms with Crippen molar-refractivity contribution in [1.29, 1.82) is 0 Å². The van der Waals surface area contributed by atoms with E-state index in [1.807, 2.05) is 44.5 Å². The number of amides is 1. The molecule has 0 radical (unpaired) electrons. The van der Waals surface area contributed by atoms with Crippen LogP contribution in [0.2, 0.25) is 0 Å². The highest BCUT2D eigenvalue weighted by molar-refractivity contribution is 8.00. The van der Waals surface area contributed by atoms with Crippen molar-refractivity contribution >= 4 is 23.4 Å². The Hall–Kier alpha value is -2.94. The lowest BCUT2D eigenvalue weighted by atomic mass is 10.2. The quantitative estimate of drug-likeness (QED) is 0.487. The van der Waals surface area contributed by atoms with Crippen LogP contribution in [0.5, 0.6) is 0 Å². The summed E-state index contributed by atoms with van der Waals surface area (Å²) in [6, 6.07) is 3.75. The van der Waals surface area contributed by atoms with E-state index in [-0.39, 0.29) is 11.2 Å². The number of hydrogen-bond donors (Lipinski definition) is 1. The van der Waals surface area contributed by atoms with Crippen molar-refractivity contribution in [2.24, 2.45) is 7.05 Å². The fourth-order valence-electron chi connectivity index (χ4n) is 2.78. The molecule has 3 aromatic rings. The molecule has 9 heteroatoms. The molecule has 0 saturated heterocycles. The Morgan fingerprint density at radius 1 is 1.32 bits per heavy atom. The molecule has 0 aromatic carbocycles. The lowest BCUT2D eigenvalue weighted by molar-refractivity contribution is -0.115. The van der Waals surface area contributed by atoms with Crippen molar-refractivity contribution in [2.75, 3.05) is 5.32 Å². The summed E-state index contributed by atoms with van der Waals surface area (Å²) in [6.07, 6.45) is 5.21. The molecular weight excluding hydrogens is 374 g/mol. The van der Waals surface area contributed by atoms with Gasteiger partial charge in [0, 0.05) is 31.5 Å². The smallest absolute Gasteiger partial charge is 0.237 e. The topological polar surface area (TPSA) is 90.5 Å². The van der Waals surface area contributed by atoms with Gasteiger partial charge in [0.05, 0.1) is 22.3 Å². The van der Waals surface area contributed by atoms with E-state index in [0.717, 1.165) is 28.5 Å². The number of nitrogens with zero attached hydrogens (tertiary/aromatic N) is 6. The Morgan fingerprint density at radius 3 is 2.64 bits per heavy atom. The molecule has 1 N–H and O–H groups in total. The molecule has 1 amide bonds. The van der Waals surface area contributed by atoms with Gasteiger partial charge >= 0.3 is 0 Å². The van der Waals surface area contributed by atoms with Gasteiger partial charge < -0.3 is 5.32 Å². The van der Waals surface area contributed by atoms with Crippen LogP contribution in [-0.4, -0.2) is 40.7 Å². The number of hydrogen-bond acceptors (Lipinski definition) is 6. The summed E-state index contributed by atoms with van der Waals surface area (Å²) in [5, 5.41) is 16.2. The molecule has 0 bridgehead atoms. The van der Waals surface area contributed by atoms with Crippen LogP contribution < -0.4 is 5.32 Å². The Balaban J connectivity index is 1.80. The number of carbonyl (C=O) groups excluding carboxylic acids is 1. The summed E-state index contributed by atoms with van der Waals surface area (Å²) < 4.78 is 3.70. The molecule has 146 valence electrons. The number of allylic oxidation sites excluding steroid dienone is 1. The van der Waals surface area contributed by atoms with Crippen molar-refractivity contribution in [3.05, 3.63) is 48.6 Å². The summed E-state index contributed by atoms with van der Waals surface area (Å²) in [4.78, 5) is 16.8. The number of pyridine rings is 1. The van der Waals surface area contributed by atoms with Crippen LogP contribution in [0.1, 0.15) is 18.3 Å². The SMILES string of the molecule is C=CCn1c(S[C@H](C)C(=O)Nc2c(C)nn(C)c2C)nnc1-c1ccncc1. The van der Waals surface area contributed by atoms with Crippen LogP contribution >= 0.6 is 11.8 Å². The van der Waals surface area contributed by atoms with Crippen LogP contribution in [0.15, 0.2) is 42.3 Å². The molecule has 0 saturated carbocycles. The largest absolute Gasteiger partial charge is 0.322 e. The van der Waals surface area contributed by atoms with Crippen LogP contribution in [0.25, 0.3) is 11.4 Å². The zero-order valence-electron chi connectivity index (χ0n) is 16.4. The van der Waals surface area contributed by atoms with E-state index in [9.17, 15) is 4.79 Å². The van der Waals surface area contributed by atoms with Gasteiger partial charge in [-0.15, -0.1) is 16.8 Å². The summed E-state index contributed by atoms with van der Waals surface area (Å²) in [6.45, 7) is 10.0. The zero-order valence-corrected chi connectivity index (χ0v) is 17.2. The van der Waals surface area contributed by atoms with Crippen LogP contribution in [0.3, 0.4) is 0 Å². The molecule has 0 aliphatic heterocycles. The van der Waals surface area contributed by atoms with E-state index >= 15 is 0 Å². The molecule has 0 fully saturated rings. The molecule has 1 atom stereocenters. The Morgan fingerprint density at radius 2 is 2.04 bits per heavy atom. The van der Waals surface area contributed by atoms with Gasteiger partial charge in [0.15, 0.2) is 11.0 Å². The summed E-state index contributed by atoms with van der Waals surface area (Å²) >= 11 is 1.36. The number of aromatic nitrogens is 6. The maximum Gasteiger partial charge on any atom is 0.237 e. The van der Waals surface area contributed by atoms with Crippen molar-refractivity contribution < 1.29 is 4.79 Å². The van der Waals surface area contributed by atoms with Crippen LogP contribution in [0.4, 0.5) is 5.69 Å². The number of thioether (sulfide) groups is 1. The van der Waals surface area contributed by atoms with Crippen LogP contribution in [0, 0.1) is 13.8 Å². The third-order valence-electron chi connectivity index (χ3n) is 4.38. The number of rotatable bonds is 7. The number of carbonyl (C=O) groups is 1. The van der Waals surface area contributed by atoms with Gasteiger partial charge in [-0.1, -0.05) is 17.8 Å². The third-order valence-corrected chi connectivity index (χ3v) is 5.46. The number of nitrogens with one attached hydrogen (secondary N) is 1. The maximum atomic E-state index is 12.7. The van der Waals surface area contributed by atoms with E-state index in [0.29, 0.717) is 11.7 Å². The molecule has 0 spiro atoms. The fraction of sp³-hybridized carbons (Fsp3) is 0.316. The predicted molar refractivity (Wildman–Crippen MR) is 110 cm³/mol. The molecule has 3 rings (SSSR count). The molecule has 3 heterocycles. The minimum Gasteiger partial charge on any atom is -0.322 e. The molecular formula is C19H23N7OS. The number of aryl methyl sites for hydroxylation is 2. The highest BCUT2D eigenvalue weighted by Gasteiger charge is 2.22. The molecule has 0 unspecified atom stereocenters. The first kappa shape index (κ1) is 19.8. The molecule has 28 heavy (non-hydrogen) atoms. The zero-order chi connectivity index (χ0) is 20.3. The Kier molecular flexibility index (Phi) is 5.93. The molecule has 8 nitrogen and oxygen atoms in total. The minimum atomic E-state index is -0.364. The third kappa shape index (κ3) is 3.99. The van der Waals surface area contributed by atoms with Gasteiger partial charge in [0.1, 0.15) is 0 Å². The van der Waals surface area contributed by atoms with E-state index in [1.54, 1.807) is 23.2 Å². The van der Waals surface area contributed by atoms with E-state index in [4.69, 9.17) is 0 Å². The van der Waals surface area contributed by atoms with Gasteiger partial charge in [-0.2, -0.15) is 5.10 Å². The van der Waals surface area contributed by atoms with Crippen molar-refractivity contribution in [1.82, 2.24) is 29.5 Å². The maximum absolute atomic E-state index is 12.7. The highest BCUT2D eigenvalue weighted by atomic mass is 32.2. The predicted octanol–water partition coefficient (Wildman–Crippen LogP) is 3.00. The Labute approximate surface area is 168 Å². The van der Waals surface area contributed by atoms with Gasteiger partial charge in [0.2, 0.25) is 5.91 Å². The van der Waals surface area contributed by atoms with E-state index in [1.165, 1.54) is 11.8 Å². The van der Waals surface area contributed by atoms with Gasteiger partial charge in [0.25, 0.3) is 0 Å². The monoisotopic (exact) mass is 397 g/mol. The molecule has 0 aliphatic rings. The van der Waals surface area contributed by atoms with Gasteiger partial charge in [-0.25, -0.2) is 0 Å². The van der Waals surface area contributed by atoms with E-state index in [2.05, 4.69) is 32.2 Å². The second kappa shape index (κ2) is 8.39. The minimum absolute atomic E-state index is 0.109. The molecule has 0 aliphatic carbocycles. The summed E-state index contributed by atoms with van der Waals surface area (Å²) in [7, 11) is 1.86. The second-order valence-electron chi connectivity index (χ2n) is 6.36. The average Bonchev–Trinajstić information content (AvgIpc) is 3.18. The van der Waals surface area contributed by atoms with E-state index < -0.39 is 0 Å². The van der Waals surface area contributed by atoms with Crippen molar-refractivity contribution in [3.8, 4) is 11.4 Å². The Bertz CT molecular complexity index is 993. The average molecular weight is 398 g/mol. The van der Waals surface area contributed by atoms with Gasteiger partial charge in [-0.05, 0) is 32.9 Å². The summed E-state index contributed by atoms with van der Waals surface area (Å²) in [5.74, 6) is 0.610. The second-order valence-corrected chi connectivity index (χ2v) is 7.67. The number of anilines is 1. The fourth-order valence-corrected chi connectivity index (χ4v) is 3.63. The first-order chi connectivity index (χ1) is 13.4. The normalized spacial score (nSPS) is 12.0. The highest BCUT2D eigenvalue weighted by Crippen LogP contribution is 2.28. The first-order valence-electron chi connectivity index (χ1n) is 8.84. The standard InChI is InChI=1S/C19H23N7OS/c1-6-11-26-17(15-7-9-20-10-8-15)22-23-19(26)28-14(4)18(27)21-16-12(2)24-25(5)13(16)3/h6-10,14H,1,11H2,2-5H3,(H,21,27)/t14-/m1/s1. The molecule has 3 aromatic heterocycles. The van der Waals surface area contributed by atoms with Crippen molar-refractivity contribution in [3.63, 3.8) is 0 Å². The van der Waals surface area contributed by atoms with Gasteiger partial charge in [-0.3, -0.25) is 19.0 Å². The van der Waals surface area contributed by atoms with Crippen molar-refractivity contribution in [2.45, 2.75) is 37.7 Å². The van der Waals surface area contributed by atoms with Crippen LogP contribution in [-0.2, 0) is 18.4 Å². The summed E-state index contributed by atoms with van der Waals surface area (Å²) in [5.41, 5.74) is 3.37.